The van der Waals surface area contributed by atoms with Crippen molar-refractivity contribution in [3.63, 3.8) is 0 Å². The minimum atomic E-state index is 0.566. The lowest BCUT2D eigenvalue weighted by atomic mass is 10.2. The maximum absolute atomic E-state index is 6.14. The summed E-state index contributed by atoms with van der Waals surface area (Å²) in [5.41, 5.74) is 7.31. The van der Waals surface area contributed by atoms with Gasteiger partial charge in [0.2, 0.25) is 0 Å². The normalized spacial score (nSPS) is 11.6. The minimum Gasteiger partial charge on any atom is -0.383 e. The second-order valence-corrected chi connectivity index (χ2v) is 8.16. The van der Waals surface area contributed by atoms with E-state index in [1.165, 1.54) is 10.4 Å². The first-order valence-electron chi connectivity index (χ1n) is 6.96. The number of thiophene rings is 2. The highest BCUT2D eigenvalue weighted by molar-refractivity contribution is 7.98. The highest BCUT2D eigenvalue weighted by atomic mass is 32.2. The molecule has 0 spiro atoms. The van der Waals surface area contributed by atoms with Crippen molar-refractivity contribution < 1.29 is 0 Å². The molecule has 4 aromatic rings. The molecule has 0 saturated carbocycles. The Bertz CT molecular complexity index is 1020. The summed E-state index contributed by atoms with van der Waals surface area (Å²) in [4.78, 5) is 21.0. The molecule has 116 valence electrons. The molecule has 0 aliphatic carbocycles. The van der Waals surface area contributed by atoms with Crippen LogP contribution in [0.1, 0.15) is 16.3 Å². The summed E-state index contributed by atoms with van der Waals surface area (Å²) in [5.74, 6) is 1.94. The molecule has 0 aromatic carbocycles. The van der Waals surface area contributed by atoms with Crippen molar-refractivity contribution in [1.29, 1.82) is 0 Å². The van der Waals surface area contributed by atoms with Gasteiger partial charge in [0.1, 0.15) is 32.7 Å². The Morgan fingerprint density at radius 3 is 2.91 bits per heavy atom. The fourth-order valence-corrected chi connectivity index (χ4v) is 5.10. The number of rotatable bonds is 3. The number of fused-ring (bicyclic) bond motifs is 2. The van der Waals surface area contributed by atoms with Gasteiger partial charge in [-0.15, -0.1) is 22.7 Å². The minimum absolute atomic E-state index is 0.566. The molecular weight excluding hydrogens is 346 g/mol. The lowest BCUT2D eigenvalue weighted by molar-refractivity contribution is 1.07. The van der Waals surface area contributed by atoms with Crippen LogP contribution in [-0.4, -0.2) is 19.9 Å². The van der Waals surface area contributed by atoms with Gasteiger partial charge >= 0.3 is 0 Å². The first kappa shape index (κ1) is 14.8. The van der Waals surface area contributed by atoms with Gasteiger partial charge < -0.3 is 5.73 Å². The van der Waals surface area contributed by atoms with Gasteiger partial charge in [-0.2, -0.15) is 0 Å². The van der Waals surface area contributed by atoms with Crippen molar-refractivity contribution in [2.75, 3.05) is 5.73 Å². The van der Waals surface area contributed by atoms with Gasteiger partial charge in [0.15, 0.2) is 0 Å². The van der Waals surface area contributed by atoms with Gasteiger partial charge in [-0.1, -0.05) is 11.8 Å². The second kappa shape index (κ2) is 5.70. The number of aryl methyl sites for hydroxylation is 2. The van der Waals surface area contributed by atoms with Crippen LogP contribution in [0.25, 0.3) is 20.4 Å². The highest BCUT2D eigenvalue weighted by Gasteiger charge is 2.13. The summed E-state index contributed by atoms with van der Waals surface area (Å²) in [5, 5.41) is 5.06. The molecule has 5 nitrogen and oxygen atoms in total. The predicted molar refractivity (Wildman–Crippen MR) is 98.3 cm³/mol. The van der Waals surface area contributed by atoms with Crippen LogP contribution in [0.4, 0.5) is 5.82 Å². The Kier molecular flexibility index (Phi) is 3.67. The zero-order chi connectivity index (χ0) is 16.0. The number of nitrogens with zero attached hydrogens (tertiary/aromatic N) is 4. The van der Waals surface area contributed by atoms with E-state index >= 15 is 0 Å². The molecule has 0 aliphatic heterocycles. The summed E-state index contributed by atoms with van der Waals surface area (Å²) in [6, 6.07) is 2.05. The third-order valence-corrected chi connectivity index (χ3v) is 6.59. The molecule has 4 rings (SSSR count). The smallest absolute Gasteiger partial charge is 0.142 e. The molecule has 0 bridgehead atoms. The molecule has 8 heteroatoms. The standard InChI is InChI=1S/C15H13N5S3/c1-7-8(2)23-15-11(7)12(16)19-10(20-15)5-22-14-9-3-4-21-13(9)17-6-18-14/h3-4,6H,5H2,1-2H3,(H2,16,19,20). The number of hydrogen-bond acceptors (Lipinski definition) is 8. The molecule has 2 N–H and O–H groups in total. The monoisotopic (exact) mass is 359 g/mol. The highest BCUT2D eigenvalue weighted by Crippen LogP contribution is 2.33. The summed E-state index contributed by atoms with van der Waals surface area (Å²) in [6.07, 6.45) is 1.60. The van der Waals surface area contributed by atoms with Crippen LogP contribution in [0.2, 0.25) is 0 Å². The van der Waals surface area contributed by atoms with Crippen LogP contribution in [0.15, 0.2) is 22.8 Å². The van der Waals surface area contributed by atoms with E-state index < -0.39 is 0 Å². The number of anilines is 1. The molecule has 23 heavy (non-hydrogen) atoms. The van der Waals surface area contributed by atoms with E-state index in [9.17, 15) is 0 Å². The van der Waals surface area contributed by atoms with Crippen LogP contribution in [0.5, 0.6) is 0 Å². The Morgan fingerprint density at radius 2 is 2.04 bits per heavy atom. The van der Waals surface area contributed by atoms with E-state index in [1.807, 2.05) is 11.4 Å². The molecule has 0 radical (unpaired) electrons. The Morgan fingerprint density at radius 1 is 1.17 bits per heavy atom. The predicted octanol–water partition coefficient (Wildman–Crippen LogP) is 4.19. The van der Waals surface area contributed by atoms with Gasteiger partial charge in [-0.3, -0.25) is 0 Å². The molecule has 0 amide bonds. The molecule has 0 atom stereocenters. The summed E-state index contributed by atoms with van der Waals surface area (Å²) in [7, 11) is 0. The van der Waals surface area contributed by atoms with Gasteiger partial charge in [-0.05, 0) is 30.9 Å². The zero-order valence-corrected chi connectivity index (χ0v) is 15.0. The van der Waals surface area contributed by atoms with Crippen molar-refractivity contribution in [2.24, 2.45) is 0 Å². The van der Waals surface area contributed by atoms with E-state index in [0.29, 0.717) is 11.6 Å². The van der Waals surface area contributed by atoms with E-state index in [4.69, 9.17) is 5.73 Å². The van der Waals surface area contributed by atoms with Crippen molar-refractivity contribution in [2.45, 2.75) is 24.6 Å². The Labute approximate surface area is 145 Å². The van der Waals surface area contributed by atoms with E-state index in [-0.39, 0.29) is 0 Å². The van der Waals surface area contributed by atoms with Gasteiger partial charge in [0, 0.05) is 10.3 Å². The molecule has 4 heterocycles. The lowest BCUT2D eigenvalue weighted by Crippen LogP contribution is -1.99. The molecule has 0 aliphatic rings. The molecule has 0 saturated heterocycles. The summed E-state index contributed by atoms with van der Waals surface area (Å²) in [6.45, 7) is 4.15. The SMILES string of the molecule is Cc1sc2nc(CSc3ncnc4sccc34)nc(N)c2c1C. The topological polar surface area (TPSA) is 77.6 Å². The third-order valence-electron chi connectivity index (χ3n) is 3.67. The fourth-order valence-electron chi connectivity index (χ4n) is 2.41. The second-order valence-electron chi connectivity index (χ2n) is 5.10. The van der Waals surface area contributed by atoms with Gasteiger partial charge in [0.25, 0.3) is 0 Å². The first-order chi connectivity index (χ1) is 11.1. The quantitative estimate of drug-likeness (QED) is 0.436. The molecular formula is C15H13N5S3. The Hall–Kier alpha value is -1.77. The van der Waals surface area contributed by atoms with Crippen LogP contribution in [0.3, 0.4) is 0 Å². The number of nitrogens with two attached hydrogens (primary N) is 1. The van der Waals surface area contributed by atoms with Gasteiger partial charge in [0.05, 0.1) is 11.1 Å². The number of nitrogen functional groups attached to an aromatic ring is 1. The maximum atomic E-state index is 6.14. The first-order valence-corrected chi connectivity index (χ1v) is 9.64. The number of aromatic nitrogens is 4. The van der Waals surface area contributed by atoms with Crippen LogP contribution in [0, 0.1) is 13.8 Å². The van der Waals surface area contributed by atoms with Crippen LogP contribution < -0.4 is 5.73 Å². The van der Waals surface area contributed by atoms with Crippen molar-refractivity contribution in [3.8, 4) is 0 Å². The van der Waals surface area contributed by atoms with Crippen LogP contribution in [-0.2, 0) is 5.75 Å². The lowest BCUT2D eigenvalue weighted by Gasteiger charge is -2.04. The van der Waals surface area contributed by atoms with E-state index in [2.05, 4.69) is 33.8 Å². The molecule has 4 aromatic heterocycles. The average molecular weight is 360 g/mol. The number of thioether (sulfide) groups is 1. The Balaban J connectivity index is 1.67. The van der Waals surface area contributed by atoms with E-state index in [1.54, 1.807) is 40.8 Å². The van der Waals surface area contributed by atoms with Crippen molar-refractivity contribution >= 4 is 60.7 Å². The van der Waals surface area contributed by atoms with Crippen molar-refractivity contribution in [3.05, 3.63) is 34.0 Å². The molecule has 0 unspecified atom stereocenters. The largest absolute Gasteiger partial charge is 0.383 e. The number of hydrogen-bond donors (Lipinski definition) is 1. The van der Waals surface area contributed by atoms with Crippen LogP contribution >= 0.6 is 34.4 Å². The third kappa shape index (κ3) is 2.56. The maximum Gasteiger partial charge on any atom is 0.142 e. The fraction of sp³-hybridized carbons (Fsp3) is 0.200. The average Bonchev–Trinajstić information content (AvgIpc) is 3.11. The zero-order valence-electron chi connectivity index (χ0n) is 12.5. The summed E-state index contributed by atoms with van der Waals surface area (Å²) >= 11 is 4.90. The van der Waals surface area contributed by atoms with E-state index in [0.717, 1.165) is 31.3 Å². The van der Waals surface area contributed by atoms with Gasteiger partial charge in [-0.25, -0.2) is 19.9 Å². The summed E-state index contributed by atoms with van der Waals surface area (Å²) < 4.78 is 0. The molecule has 0 fully saturated rings. The van der Waals surface area contributed by atoms with Crippen molar-refractivity contribution in [1.82, 2.24) is 19.9 Å².